The minimum Gasteiger partial charge on any atom is -0.384 e. The van der Waals surface area contributed by atoms with Gasteiger partial charge in [-0.25, -0.2) is 0 Å². The van der Waals surface area contributed by atoms with E-state index < -0.39 is 0 Å². The Morgan fingerprint density at radius 1 is 1.04 bits per heavy atom. The number of benzene rings is 2. The van der Waals surface area contributed by atoms with Crippen LogP contribution in [0.15, 0.2) is 48.5 Å². The van der Waals surface area contributed by atoms with Crippen LogP contribution in [-0.4, -0.2) is 25.5 Å². The summed E-state index contributed by atoms with van der Waals surface area (Å²) in [5.41, 5.74) is 4.50. The maximum atomic E-state index is 12.1. The second kappa shape index (κ2) is 8.56. The molecule has 2 N–H and O–H groups in total. The number of hydrogen-bond donors (Lipinski definition) is 2. The van der Waals surface area contributed by atoms with Gasteiger partial charge >= 0.3 is 0 Å². The van der Waals surface area contributed by atoms with Crippen molar-refractivity contribution in [3.05, 3.63) is 54.1 Å². The smallest absolute Gasteiger partial charge is 0.226 e. The number of rotatable bonds is 7. The first-order chi connectivity index (χ1) is 12.3. The predicted molar refractivity (Wildman–Crippen MR) is 105 cm³/mol. The van der Waals surface area contributed by atoms with Gasteiger partial charge in [-0.3, -0.25) is 4.79 Å². The van der Waals surface area contributed by atoms with E-state index in [-0.39, 0.29) is 5.91 Å². The highest BCUT2D eigenvalue weighted by Crippen LogP contribution is 2.22. The molecule has 1 aliphatic heterocycles. The van der Waals surface area contributed by atoms with E-state index in [1.54, 1.807) is 0 Å². The normalized spacial score (nSPS) is 13.7. The zero-order valence-electron chi connectivity index (χ0n) is 14.9. The van der Waals surface area contributed by atoms with Crippen molar-refractivity contribution in [2.45, 2.75) is 32.6 Å². The molecule has 0 aromatic heterocycles. The van der Waals surface area contributed by atoms with E-state index in [4.69, 9.17) is 0 Å². The third kappa shape index (κ3) is 4.75. The van der Waals surface area contributed by atoms with Gasteiger partial charge in [-0.15, -0.1) is 0 Å². The van der Waals surface area contributed by atoms with Gasteiger partial charge in [-0.1, -0.05) is 25.1 Å². The van der Waals surface area contributed by atoms with E-state index in [2.05, 4.69) is 46.7 Å². The average Bonchev–Trinajstić information content (AvgIpc) is 3.17. The maximum absolute atomic E-state index is 12.1. The van der Waals surface area contributed by atoms with E-state index in [0.717, 1.165) is 30.9 Å². The van der Waals surface area contributed by atoms with Gasteiger partial charge in [-0.2, -0.15) is 0 Å². The Kier molecular flexibility index (Phi) is 5.94. The lowest BCUT2D eigenvalue weighted by molar-refractivity contribution is -0.115. The van der Waals surface area contributed by atoms with Crippen molar-refractivity contribution in [1.82, 2.24) is 0 Å². The van der Waals surface area contributed by atoms with Crippen molar-refractivity contribution in [3.63, 3.8) is 0 Å². The number of anilines is 3. The van der Waals surface area contributed by atoms with Crippen LogP contribution in [0.3, 0.4) is 0 Å². The topological polar surface area (TPSA) is 44.4 Å². The molecule has 0 unspecified atom stereocenters. The second-order valence-electron chi connectivity index (χ2n) is 6.48. The van der Waals surface area contributed by atoms with Crippen LogP contribution >= 0.6 is 0 Å². The summed E-state index contributed by atoms with van der Waals surface area (Å²) in [6.45, 7) is 5.04. The minimum absolute atomic E-state index is 0.0374. The molecule has 1 heterocycles. The van der Waals surface area contributed by atoms with Gasteiger partial charge in [0.2, 0.25) is 5.91 Å². The summed E-state index contributed by atoms with van der Waals surface area (Å²) >= 11 is 0. The van der Waals surface area contributed by atoms with Gasteiger partial charge in [0.1, 0.15) is 0 Å². The highest BCUT2D eigenvalue weighted by atomic mass is 16.1. The van der Waals surface area contributed by atoms with Crippen molar-refractivity contribution in [1.29, 1.82) is 0 Å². The molecule has 1 amide bonds. The summed E-state index contributed by atoms with van der Waals surface area (Å²) in [6, 6.07) is 16.4. The van der Waals surface area contributed by atoms with Gasteiger partial charge in [0.15, 0.2) is 0 Å². The molecule has 0 saturated carbocycles. The summed E-state index contributed by atoms with van der Waals surface area (Å²) < 4.78 is 0. The minimum atomic E-state index is 0.0374. The lowest BCUT2D eigenvalue weighted by Gasteiger charge is -2.17. The number of carbonyl (C=O) groups is 1. The predicted octanol–water partition coefficient (Wildman–Crippen LogP) is 4.29. The monoisotopic (exact) mass is 337 g/mol. The van der Waals surface area contributed by atoms with Gasteiger partial charge < -0.3 is 15.5 Å². The van der Waals surface area contributed by atoms with Gasteiger partial charge in [0.05, 0.1) is 0 Å². The van der Waals surface area contributed by atoms with Crippen LogP contribution in [0.5, 0.6) is 0 Å². The summed E-state index contributed by atoms with van der Waals surface area (Å²) in [7, 11) is 0. The van der Waals surface area contributed by atoms with E-state index in [1.165, 1.54) is 24.1 Å². The van der Waals surface area contributed by atoms with Gasteiger partial charge in [-0.05, 0) is 55.2 Å². The number of para-hydroxylation sites is 1. The molecule has 0 bridgehead atoms. The first-order valence-corrected chi connectivity index (χ1v) is 9.23. The van der Waals surface area contributed by atoms with Crippen LogP contribution in [0.25, 0.3) is 0 Å². The molecule has 3 rings (SSSR count). The molecular formula is C21H27N3O. The van der Waals surface area contributed by atoms with Crippen LogP contribution in [0, 0.1) is 0 Å². The SMILES string of the molecule is CCc1ccccc1NCCC(=O)Nc1ccc(N2CCCC2)cc1. The van der Waals surface area contributed by atoms with E-state index in [0.29, 0.717) is 13.0 Å². The van der Waals surface area contributed by atoms with Crippen LogP contribution in [0.4, 0.5) is 17.1 Å². The summed E-state index contributed by atoms with van der Waals surface area (Å²) in [5.74, 6) is 0.0374. The Morgan fingerprint density at radius 2 is 1.76 bits per heavy atom. The number of carbonyl (C=O) groups excluding carboxylic acids is 1. The quantitative estimate of drug-likeness (QED) is 0.792. The molecular weight excluding hydrogens is 310 g/mol. The van der Waals surface area contributed by atoms with Gasteiger partial charge in [0.25, 0.3) is 0 Å². The number of hydrogen-bond acceptors (Lipinski definition) is 3. The number of aryl methyl sites for hydroxylation is 1. The number of amides is 1. The zero-order chi connectivity index (χ0) is 17.5. The molecule has 4 nitrogen and oxygen atoms in total. The first kappa shape index (κ1) is 17.3. The lowest BCUT2D eigenvalue weighted by Crippen LogP contribution is -2.18. The number of nitrogens with one attached hydrogen (secondary N) is 2. The van der Waals surface area contributed by atoms with Crippen molar-refractivity contribution in [2.75, 3.05) is 35.2 Å². The average molecular weight is 337 g/mol. The molecule has 1 aliphatic rings. The second-order valence-corrected chi connectivity index (χ2v) is 6.48. The largest absolute Gasteiger partial charge is 0.384 e. The summed E-state index contributed by atoms with van der Waals surface area (Å²) in [4.78, 5) is 14.5. The summed E-state index contributed by atoms with van der Waals surface area (Å²) in [6.07, 6.45) is 3.98. The molecule has 1 fully saturated rings. The Bertz CT molecular complexity index is 691. The molecule has 0 spiro atoms. The van der Waals surface area contributed by atoms with Crippen LogP contribution in [-0.2, 0) is 11.2 Å². The fourth-order valence-electron chi connectivity index (χ4n) is 3.27. The molecule has 0 aliphatic carbocycles. The molecule has 25 heavy (non-hydrogen) atoms. The van der Waals surface area contributed by atoms with Crippen LogP contribution in [0.2, 0.25) is 0 Å². The fourth-order valence-corrected chi connectivity index (χ4v) is 3.27. The Morgan fingerprint density at radius 3 is 2.48 bits per heavy atom. The lowest BCUT2D eigenvalue weighted by atomic mass is 10.1. The fraction of sp³-hybridized carbons (Fsp3) is 0.381. The Hall–Kier alpha value is -2.49. The van der Waals surface area contributed by atoms with E-state index in [9.17, 15) is 4.79 Å². The molecule has 2 aromatic carbocycles. The third-order valence-corrected chi connectivity index (χ3v) is 4.69. The standard InChI is InChI=1S/C21H27N3O/c1-2-17-7-3-4-8-20(17)22-14-13-21(25)23-18-9-11-19(12-10-18)24-15-5-6-16-24/h3-4,7-12,22H,2,5-6,13-16H2,1H3,(H,23,25). The molecule has 0 atom stereocenters. The maximum Gasteiger partial charge on any atom is 0.226 e. The first-order valence-electron chi connectivity index (χ1n) is 9.23. The molecule has 4 heteroatoms. The zero-order valence-corrected chi connectivity index (χ0v) is 14.9. The van der Waals surface area contributed by atoms with Crippen molar-refractivity contribution in [2.24, 2.45) is 0 Å². The van der Waals surface area contributed by atoms with E-state index in [1.807, 2.05) is 24.3 Å². The molecule has 0 radical (unpaired) electrons. The molecule has 2 aromatic rings. The highest BCUT2D eigenvalue weighted by Gasteiger charge is 2.12. The van der Waals surface area contributed by atoms with E-state index >= 15 is 0 Å². The van der Waals surface area contributed by atoms with Crippen LogP contribution in [0.1, 0.15) is 31.7 Å². The summed E-state index contributed by atoms with van der Waals surface area (Å²) in [5, 5.41) is 6.34. The highest BCUT2D eigenvalue weighted by molar-refractivity contribution is 5.91. The molecule has 1 saturated heterocycles. The van der Waals surface area contributed by atoms with Crippen LogP contribution < -0.4 is 15.5 Å². The third-order valence-electron chi connectivity index (χ3n) is 4.69. The Labute approximate surface area is 150 Å². The van der Waals surface area contributed by atoms with Crippen molar-refractivity contribution < 1.29 is 4.79 Å². The van der Waals surface area contributed by atoms with Crippen molar-refractivity contribution >= 4 is 23.0 Å². The molecule has 132 valence electrons. The van der Waals surface area contributed by atoms with Gasteiger partial charge in [0, 0.05) is 43.1 Å². The van der Waals surface area contributed by atoms with Crippen molar-refractivity contribution in [3.8, 4) is 0 Å². The Balaban J connectivity index is 1.46. The number of nitrogens with zero attached hydrogens (tertiary/aromatic N) is 1.